The number of fused-ring (bicyclic) bond motifs is 2. The van der Waals surface area contributed by atoms with Crippen LogP contribution in [0.3, 0.4) is 0 Å². The summed E-state index contributed by atoms with van der Waals surface area (Å²) in [7, 11) is 0. The normalized spacial score (nSPS) is 15.5. The molecule has 0 aromatic heterocycles. The first-order chi connectivity index (χ1) is 9.31. The van der Waals surface area contributed by atoms with E-state index in [1.807, 2.05) is 60.7 Å². The molecule has 0 saturated heterocycles. The van der Waals surface area contributed by atoms with E-state index in [1.165, 1.54) is 0 Å². The number of hydrogen-bond donors (Lipinski definition) is 2. The Morgan fingerprint density at radius 3 is 1.53 bits per heavy atom. The van der Waals surface area contributed by atoms with Crippen LogP contribution in [0.25, 0.3) is 12.2 Å². The molecule has 19 heavy (non-hydrogen) atoms. The first-order valence-electron chi connectivity index (χ1n) is 6.40. The SMILES string of the molecule is OCC1(CO)c2ccccc2C=Cc2ccccc21. The highest BCUT2D eigenvalue weighted by molar-refractivity contribution is 5.77. The van der Waals surface area contributed by atoms with Gasteiger partial charge in [0.25, 0.3) is 0 Å². The Morgan fingerprint density at radius 2 is 1.11 bits per heavy atom. The predicted molar refractivity (Wildman–Crippen MR) is 76.8 cm³/mol. The van der Waals surface area contributed by atoms with Gasteiger partial charge in [-0.25, -0.2) is 0 Å². The third kappa shape index (κ3) is 1.72. The minimum atomic E-state index is -0.739. The van der Waals surface area contributed by atoms with Crippen LogP contribution in [0.1, 0.15) is 22.3 Å². The lowest BCUT2D eigenvalue weighted by Crippen LogP contribution is -2.37. The van der Waals surface area contributed by atoms with Gasteiger partial charge in [0.2, 0.25) is 0 Å². The molecule has 0 aliphatic heterocycles. The molecular formula is C17H16O2. The largest absolute Gasteiger partial charge is 0.395 e. The minimum absolute atomic E-state index is 0.112. The summed E-state index contributed by atoms with van der Waals surface area (Å²) in [5.41, 5.74) is 3.29. The maximum atomic E-state index is 9.97. The molecule has 2 nitrogen and oxygen atoms in total. The number of benzene rings is 2. The van der Waals surface area contributed by atoms with Gasteiger partial charge in [-0.3, -0.25) is 0 Å². The quantitative estimate of drug-likeness (QED) is 0.862. The summed E-state index contributed by atoms with van der Waals surface area (Å²) in [6, 6.07) is 15.8. The molecule has 1 aliphatic rings. The van der Waals surface area contributed by atoms with Crippen molar-refractivity contribution < 1.29 is 10.2 Å². The summed E-state index contributed by atoms with van der Waals surface area (Å²) >= 11 is 0. The van der Waals surface area contributed by atoms with Crippen LogP contribution < -0.4 is 0 Å². The molecule has 2 heteroatoms. The Bertz CT molecular complexity index is 573. The van der Waals surface area contributed by atoms with Crippen LogP contribution in [0.15, 0.2) is 48.5 Å². The summed E-state index contributed by atoms with van der Waals surface area (Å²) < 4.78 is 0. The number of rotatable bonds is 2. The van der Waals surface area contributed by atoms with Crippen LogP contribution in [0.4, 0.5) is 0 Å². The van der Waals surface area contributed by atoms with Gasteiger partial charge >= 0.3 is 0 Å². The number of aliphatic hydroxyl groups excluding tert-OH is 2. The molecule has 0 unspecified atom stereocenters. The van der Waals surface area contributed by atoms with Crippen LogP contribution in [-0.4, -0.2) is 23.4 Å². The molecule has 0 radical (unpaired) electrons. The third-order valence-corrected chi connectivity index (χ3v) is 3.94. The zero-order valence-electron chi connectivity index (χ0n) is 10.6. The Balaban J connectivity index is 2.37. The molecule has 0 fully saturated rings. The van der Waals surface area contributed by atoms with Gasteiger partial charge in [0.1, 0.15) is 0 Å². The zero-order valence-corrected chi connectivity index (χ0v) is 10.6. The molecular weight excluding hydrogens is 236 g/mol. The highest BCUT2D eigenvalue weighted by Gasteiger charge is 2.37. The lowest BCUT2D eigenvalue weighted by molar-refractivity contribution is 0.143. The molecule has 2 N–H and O–H groups in total. The smallest absolute Gasteiger partial charge is 0.0675 e. The van der Waals surface area contributed by atoms with Crippen molar-refractivity contribution in [2.75, 3.05) is 13.2 Å². The number of aliphatic hydroxyl groups is 2. The van der Waals surface area contributed by atoms with Crippen LogP contribution in [0.2, 0.25) is 0 Å². The average molecular weight is 252 g/mol. The van der Waals surface area contributed by atoms with E-state index in [0.29, 0.717) is 0 Å². The second-order valence-corrected chi connectivity index (χ2v) is 4.91. The Morgan fingerprint density at radius 1 is 0.684 bits per heavy atom. The van der Waals surface area contributed by atoms with Crippen molar-refractivity contribution in [3.63, 3.8) is 0 Å². The van der Waals surface area contributed by atoms with Crippen LogP contribution in [0.5, 0.6) is 0 Å². The fourth-order valence-corrected chi connectivity index (χ4v) is 2.87. The average Bonchev–Trinajstić information content (AvgIpc) is 2.62. The maximum Gasteiger partial charge on any atom is 0.0675 e. The maximum absolute atomic E-state index is 9.97. The summed E-state index contributed by atoms with van der Waals surface area (Å²) in [5, 5.41) is 19.9. The van der Waals surface area contributed by atoms with E-state index in [2.05, 4.69) is 0 Å². The van der Waals surface area contributed by atoms with Gasteiger partial charge in [0, 0.05) is 0 Å². The molecule has 2 aromatic carbocycles. The standard InChI is InChI=1S/C17H16O2/c18-11-17(12-19)15-7-3-1-5-13(15)9-10-14-6-2-4-8-16(14)17/h1-10,18-19H,11-12H2. The van der Waals surface area contributed by atoms with Gasteiger partial charge < -0.3 is 10.2 Å². The van der Waals surface area contributed by atoms with E-state index in [-0.39, 0.29) is 13.2 Å². The van der Waals surface area contributed by atoms with Gasteiger partial charge in [-0.05, 0) is 22.3 Å². The van der Waals surface area contributed by atoms with E-state index in [4.69, 9.17) is 0 Å². The summed E-state index contributed by atoms with van der Waals surface area (Å²) in [6.07, 6.45) is 4.09. The lowest BCUT2D eigenvalue weighted by Gasteiger charge is -2.32. The number of hydrogen-bond acceptors (Lipinski definition) is 2. The van der Waals surface area contributed by atoms with E-state index >= 15 is 0 Å². The molecule has 1 aliphatic carbocycles. The summed E-state index contributed by atoms with van der Waals surface area (Å²) in [6.45, 7) is -0.224. The molecule has 3 rings (SSSR count). The first-order valence-corrected chi connectivity index (χ1v) is 6.40. The van der Waals surface area contributed by atoms with Crippen molar-refractivity contribution in [2.24, 2.45) is 0 Å². The van der Waals surface area contributed by atoms with Gasteiger partial charge in [0.05, 0.1) is 18.6 Å². The van der Waals surface area contributed by atoms with Crippen LogP contribution in [-0.2, 0) is 5.41 Å². The van der Waals surface area contributed by atoms with E-state index in [9.17, 15) is 10.2 Å². The zero-order chi connectivity index (χ0) is 13.3. The molecule has 96 valence electrons. The Labute approximate surface area is 112 Å². The minimum Gasteiger partial charge on any atom is -0.395 e. The highest BCUT2D eigenvalue weighted by Crippen LogP contribution is 2.39. The van der Waals surface area contributed by atoms with Crippen molar-refractivity contribution in [2.45, 2.75) is 5.41 Å². The van der Waals surface area contributed by atoms with Crippen molar-refractivity contribution in [1.82, 2.24) is 0 Å². The predicted octanol–water partition coefficient (Wildman–Crippen LogP) is 2.44. The van der Waals surface area contributed by atoms with Crippen molar-refractivity contribution in [3.05, 3.63) is 70.8 Å². The second kappa shape index (κ2) is 4.65. The van der Waals surface area contributed by atoms with Gasteiger partial charge in [-0.15, -0.1) is 0 Å². The van der Waals surface area contributed by atoms with E-state index < -0.39 is 5.41 Å². The van der Waals surface area contributed by atoms with Crippen LogP contribution in [0, 0.1) is 0 Å². The van der Waals surface area contributed by atoms with Crippen molar-refractivity contribution in [1.29, 1.82) is 0 Å². The highest BCUT2D eigenvalue weighted by atomic mass is 16.3. The van der Waals surface area contributed by atoms with Gasteiger partial charge in [-0.2, -0.15) is 0 Å². The molecule has 0 bridgehead atoms. The first kappa shape index (κ1) is 12.2. The Kier molecular flexibility index (Phi) is 2.97. The van der Waals surface area contributed by atoms with Crippen molar-refractivity contribution in [3.8, 4) is 0 Å². The van der Waals surface area contributed by atoms with Gasteiger partial charge in [-0.1, -0.05) is 60.7 Å². The third-order valence-electron chi connectivity index (χ3n) is 3.94. The van der Waals surface area contributed by atoms with Crippen LogP contribution >= 0.6 is 0 Å². The molecule has 0 atom stereocenters. The lowest BCUT2D eigenvalue weighted by atomic mass is 9.73. The molecule has 2 aromatic rings. The topological polar surface area (TPSA) is 40.5 Å². The van der Waals surface area contributed by atoms with E-state index in [1.54, 1.807) is 0 Å². The molecule has 0 heterocycles. The second-order valence-electron chi connectivity index (χ2n) is 4.91. The fourth-order valence-electron chi connectivity index (χ4n) is 2.87. The van der Waals surface area contributed by atoms with Crippen molar-refractivity contribution >= 4 is 12.2 Å². The summed E-state index contributed by atoms with van der Waals surface area (Å²) in [5.74, 6) is 0. The molecule has 0 saturated carbocycles. The molecule has 0 amide bonds. The molecule has 0 spiro atoms. The Hall–Kier alpha value is -1.90. The van der Waals surface area contributed by atoms with Gasteiger partial charge in [0.15, 0.2) is 0 Å². The monoisotopic (exact) mass is 252 g/mol. The summed E-state index contributed by atoms with van der Waals surface area (Å²) in [4.78, 5) is 0. The fraction of sp³-hybridized carbons (Fsp3) is 0.176. The van der Waals surface area contributed by atoms with E-state index in [0.717, 1.165) is 22.3 Å².